The van der Waals surface area contributed by atoms with E-state index in [0.29, 0.717) is 12.4 Å². The number of morpholine rings is 1. The van der Waals surface area contributed by atoms with Crippen molar-refractivity contribution in [2.24, 2.45) is 0 Å². The van der Waals surface area contributed by atoms with Gasteiger partial charge in [0, 0.05) is 38.4 Å². The fourth-order valence-corrected chi connectivity index (χ4v) is 2.63. The number of hydrogen-bond donors (Lipinski definition) is 1. The van der Waals surface area contributed by atoms with Crippen molar-refractivity contribution in [3.05, 3.63) is 27.9 Å². The second kappa shape index (κ2) is 6.82. The second-order valence-electron chi connectivity index (χ2n) is 5.58. The van der Waals surface area contributed by atoms with Crippen LogP contribution in [0.1, 0.15) is 19.4 Å². The van der Waals surface area contributed by atoms with Gasteiger partial charge in [0.2, 0.25) is 5.82 Å². The maximum absolute atomic E-state index is 11.0. The first kappa shape index (κ1) is 15.7. The van der Waals surface area contributed by atoms with Gasteiger partial charge in [-0.05, 0) is 26.3 Å². The number of hydrogen-bond acceptors (Lipinski definition) is 6. The van der Waals surface area contributed by atoms with E-state index < -0.39 is 4.92 Å². The molecule has 7 nitrogen and oxygen atoms in total. The molecular weight excluding hydrogens is 272 g/mol. The zero-order valence-electron chi connectivity index (χ0n) is 12.7. The van der Waals surface area contributed by atoms with E-state index >= 15 is 0 Å². The van der Waals surface area contributed by atoms with Gasteiger partial charge in [0.15, 0.2) is 0 Å². The molecule has 0 saturated carbocycles. The van der Waals surface area contributed by atoms with E-state index in [0.717, 1.165) is 25.2 Å². The molecule has 1 aliphatic heterocycles. The maximum Gasteiger partial charge on any atom is 0.311 e. The maximum atomic E-state index is 11.0. The lowest BCUT2D eigenvalue weighted by Gasteiger charge is -2.35. The summed E-state index contributed by atoms with van der Waals surface area (Å²) in [5.74, 6) is 0.333. The molecular formula is C14H22N4O3. The molecule has 0 spiro atoms. The zero-order chi connectivity index (χ0) is 15.4. The Hall–Kier alpha value is -1.73. The van der Waals surface area contributed by atoms with Crippen LogP contribution in [0, 0.1) is 17.0 Å². The van der Waals surface area contributed by atoms with Gasteiger partial charge in [0.1, 0.15) is 0 Å². The number of nitrogens with one attached hydrogen (secondary N) is 1. The van der Waals surface area contributed by atoms with Gasteiger partial charge in [-0.25, -0.2) is 4.98 Å². The van der Waals surface area contributed by atoms with Gasteiger partial charge in [0.05, 0.1) is 17.1 Å². The van der Waals surface area contributed by atoms with E-state index in [2.05, 4.69) is 29.0 Å². The molecule has 2 rings (SSSR count). The fraction of sp³-hybridized carbons (Fsp3) is 0.643. The first-order chi connectivity index (χ1) is 9.95. The highest BCUT2D eigenvalue weighted by molar-refractivity contribution is 5.56. The largest absolute Gasteiger partial charge is 0.373 e. The summed E-state index contributed by atoms with van der Waals surface area (Å²) in [4.78, 5) is 17.0. The van der Waals surface area contributed by atoms with Crippen LogP contribution in [0.5, 0.6) is 0 Å². The third-order valence-corrected chi connectivity index (χ3v) is 3.42. The molecule has 0 aliphatic carbocycles. The van der Waals surface area contributed by atoms with Crippen molar-refractivity contribution in [1.82, 2.24) is 9.88 Å². The highest BCUT2D eigenvalue weighted by atomic mass is 16.6. The minimum Gasteiger partial charge on any atom is -0.373 e. The molecule has 1 fully saturated rings. The molecule has 0 aromatic carbocycles. The Bertz CT molecular complexity index is 499. The topological polar surface area (TPSA) is 80.5 Å². The normalized spacial score (nSPS) is 23.0. The zero-order valence-corrected chi connectivity index (χ0v) is 12.7. The molecule has 0 unspecified atom stereocenters. The molecule has 2 heterocycles. The molecule has 1 N–H and O–H groups in total. The standard InChI is InChI=1S/C14H22N4O3/c1-10-6-13(18(19)20)14(16-7-10)15-4-5-17-8-11(2)21-12(3)9-17/h6-7,11-12H,4-5,8-9H2,1-3H3,(H,15,16)/t11-,12-/m1/s1. The molecule has 116 valence electrons. The molecule has 2 atom stereocenters. The highest BCUT2D eigenvalue weighted by Gasteiger charge is 2.22. The summed E-state index contributed by atoms with van der Waals surface area (Å²) in [6, 6.07) is 1.54. The van der Waals surface area contributed by atoms with Gasteiger partial charge >= 0.3 is 5.69 Å². The Kier molecular flexibility index (Phi) is 5.08. The third-order valence-electron chi connectivity index (χ3n) is 3.42. The number of aromatic nitrogens is 1. The van der Waals surface area contributed by atoms with E-state index in [4.69, 9.17) is 4.74 Å². The second-order valence-corrected chi connectivity index (χ2v) is 5.58. The molecule has 21 heavy (non-hydrogen) atoms. The van der Waals surface area contributed by atoms with Crippen LogP contribution in [-0.4, -0.2) is 53.2 Å². The predicted octanol–water partition coefficient (Wildman–Crippen LogP) is 1.82. The number of aryl methyl sites for hydroxylation is 1. The Labute approximate surface area is 124 Å². The molecule has 0 amide bonds. The summed E-state index contributed by atoms with van der Waals surface area (Å²) in [7, 11) is 0. The molecule has 0 radical (unpaired) electrons. The lowest BCUT2D eigenvalue weighted by Crippen LogP contribution is -2.46. The van der Waals surface area contributed by atoms with Crippen LogP contribution in [-0.2, 0) is 4.74 Å². The van der Waals surface area contributed by atoms with Crippen molar-refractivity contribution in [3.8, 4) is 0 Å². The number of ether oxygens (including phenoxy) is 1. The number of pyridine rings is 1. The number of anilines is 1. The van der Waals surface area contributed by atoms with Crippen molar-refractivity contribution in [2.75, 3.05) is 31.5 Å². The predicted molar refractivity (Wildman–Crippen MR) is 80.6 cm³/mol. The minimum atomic E-state index is -0.402. The quantitative estimate of drug-likeness (QED) is 0.659. The molecule has 1 aromatic rings. The monoisotopic (exact) mass is 294 g/mol. The molecule has 7 heteroatoms. The van der Waals surface area contributed by atoms with E-state index in [1.807, 2.05) is 0 Å². The Morgan fingerprint density at radius 1 is 1.48 bits per heavy atom. The number of nitrogens with zero attached hydrogens (tertiary/aromatic N) is 3. The van der Waals surface area contributed by atoms with Crippen LogP contribution < -0.4 is 5.32 Å². The van der Waals surface area contributed by atoms with E-state index in [1.165, 1.54) is 6.07 Å². The van der Waals surface area contributed by atoms with Gasteiger partial charge in [-0.3, -0.25) is 15.0 Å². The van der Waals surface area contributed by atoms with Gasteiger partial charge < -0.3 is 10.1 Å². The Morgan fingerprint density at radius 3 is 2.76 bits per heavy atom. The van der Waals surface area contributed by atoms with Crippen LogP contribution in [0.25, 0.3) is 0 Å². The van der Waals surface area contributed by atoms with Crippen molar-refractivity contribution < 1.29 is 9.66 Å². The summed E-state index contributed by atoms with van der Waals surface area (Å²) >= 11 is 0. The molecule has 1 aliphatic rings. The Morgan fingerprint density at radius 2 is 2.14 bits per heavy atom. The van der Waals surface area contributed by atoms with Crippen LogP contribution >= 0.6 is 0 Å². The van der Waals surface area contributed by atoms with Crippen LogP contribution in [0.3, 0.4) is 0 Å². The SMILES string of the molecule is Cc1cnc(NCCN2C[C@@H](C)O[C@H](C)C2)c([N+](=O)[O-])c1. The van der Waals surface area contributed by atoms with Crippen LogP contribution in [0.15, 0.2) is 12.3 Å². The first-order valence-electron chi connectivity index (χ1n) is 7.18. The van der Waals surface area contributed by atoms with Gasteiger partial charge in [0.25, 0.3) is 0 Å². The van der Waals surface area contributed by atoms with Gasteiger partial charge in [-0.1, -0.05) is 0 Å². The Balaban J connectivity index is 1.90. The summed E-state index contributed by atoms with van der Waals surface area (Å²) in [6.07, 6.45) is 2.08. The lowest BCUT2D eigenvalue weighted by atomic mass is 10.2. The number of rotatable bonds is 5. The third kappa shape index (κ3) is 4.37. The first-order valence-corrected chi connectivity index (χ1v) is 7.18. The van der Waals surface area contributed by atoms with Gasteiger partial charge in [-0.2, -0.15) is 0 Å². The summed E-state index contributed by atoms with van der Waals surface area (Å²) in [5, 5.41) is 14.1. The van der Waals surface area contributed by atoms with Gasteiger partial charge in [-0.15, -0.1) is 0 Å². The highest BCUT2D eigenvalue weighted by Crippen LogP contribution is 2.22. The molecule has 1 aromatic heterocycles. The van der Waals surface area contributed by atoms with Crippen molar-refractivity contribution in [2.45, 2.75) is 33.0 Å². The average molecular weight is 294 g/mol. The smallest absolute Gasteiger partial charge is 0.311 e. The van der Waals surface area contributed by atoms with E-state index in [-0.39, 0.29) is 17.9 Å². The fourth-order valence-electron chi connectivity index (χ4n) is 2.63. The van der Waals surface area contributed by atoms with Crippen molar-refractivity contribution in [3.63, 3.8) is 0 Å². The summed E-state index contributed by atoms with van der Waals surface area (Å²) in [5.41, 5.74) is 0.807. The summed E-state index contributed by atoms with van der Waals surface area (Å²) < 4.78 is 5.68. The van der Waals surface area contributed by atoms with Crippen molar-refractivity contribution in [1.29, 1.82) is 0 Å². The lowest BCUT2D eigenvalue weighted by molar-refractivity contribution is -0.384. The number of nitro groups is 1. The molecule has 1 saturated heterocycles. The van der Waals surface area contributed by atoms with Crippen LogP contribution in [0.2, 0.25) is 0 Å². The minimum absolute atomic E-state index is 0.0266. The van der Waals surface area contributed by atoms with Crippen LogP contribution in [0.4, 0.5) is 11.5 Å². The van der Waals surface area contributed by atoms with E-state index in [1.54, 1.807) is 13.1 Å². The summed E-state index contributed by atoms with van der Waals surface area (Å²) in [6.45, 7) is 9.11. The van der Waals surface area contributed by atoms with E-state index in [9.17, 15) is 10.1 Å². The molecule has 0 bridgehead atoms. The average Bonchev–Trinajstić information content (AvgIpc) is 2.39. The van der Waals surface area contributed by atoms with Crippen molar-refractivity contribution >= 4 is 11.5 Å².